The molecule has 0 unspecified atom stereocenters. The lowest BCUT2D eigenvalue weighted by atomic mass is 10.4. The molecule has 2 rings (SSSR count). The highest BCUT2D eigenvalue weighted by Crippen LogP contribution is 2.30. The van der Waals surface area contributed by atoms with Crippen molar-refractivity contribution in [3.05, 3.63) is 17.0 Å². The lowest BCUT2D eigenvalue weighted by Gasteiger charge is -2.03. The molecule has 1 saturated carbocycles. The van der Waals surface area contributed by atoms with Crippen molar-refractivity contribution in [3.8, 4) is 0 Å². The van der Waals surface area contributed by atoms with Crippen LogP contribution in [0.1, 0.15) is 12.8 Å². The zero-order valence-corrected chi connectivity index (χ0v) is 8.41. The normalized spacial score (nSPS) is 15.5. The Hall–Kier alpha value is -0.970. The quantitative estimate of drug-likeness (QED) is 0.856. The molecule has 1 aliphatic rings. The first-order chi connectivity index (χ1) is 6.27. The number of rotatable bonds is 2. The van der Waals surface area contributed by atoms with Gasteiger partial charge in [0.1, 0.15) is 12.1 Å². The third-order valence-corrected chi connectivity index (χ3v) is 2.44. The molecule has 0 atom stereocenters. The zero-order valence-electron chi connectivity index (χ0n) is 6.83. The van der Waals surface area contributed by atoms with Gasteiger partial charge >= 0.3 is 0 Å². The highest BCUT2D eigenvalue weighted by atomic mass is 79.9. The Labute approximate surface area is 83.9 Å². The summed E-state index contributed by atoms with van der Waals surface area (Å²) in [5, 5.41) is 2.74. The summed E-state index contributed by atoms with van der Waals surface area (Å²) in [7, 11) is 0. The molecule has 4 nitrogen and oxygen atoms in total. The number of nitrogens with zero attached hydrogens (tertiary/aromatic N) is 2. The maximum atomic E-state index is 11.3. The molecule has 13 heavy (non-hydrogen) atoms. The monoisotopic (exact) mass is 241 g/mol. The summed E-state index contributed by atoms with van der Waals surface area (Å²) in [5.41, 5.74) is 0. The average molecular weight is 242 g/mol. The van der Waals surface area contributed by atoms with E-state index in [0.717, 1.165) is 12.8 Å². The Morgan fingerprint density at radius 1 is 1.62 bits per heavy atom. The summed E-state index contributed by atoms with van der Waals surface area (Å²) in [6.07, 6.45) is 5.01. The predicted molar refractivity (Wildman–Crippen MR) is 51.1 cm³/mol. The van der Waals surface area contributed by atoms with Crippen LogP contribution in [0.5, 0.6) is 0 Å². The van der Waals surface area contributed by atoms with Crippen LogP contribution in [-0.2, 0) is 4.79 Å². The molecule has 0 radical (unpaired) electrons. The van der Waals surface area contributed by atoms with E-state index in [1.54, 1.807) is 6.20 Å². The molecule has 0 bridgehead atoms. The van der Waals surface area contributed by atoms with E-state index in [1.165, 1.54) is 6.33 Å². The van der Waals surface area contributed by atoms with Crippen molar-refractivity contribution in [1.29, 1.82) is 0 Å². The van der Waals surface area contributed by atoms with Crippen LogP contribution < -0.4 is 5.32 Å². The molecule has 0 aromatic carbocycles. The molecule has 1 aliphatic carbocycles. The first-order valence-corrected chi connectivity index (χ1v) is 4.83. The van der Waals surface area contributed by atoms with E-state index in [2.05, 4.69) is 31.2 Å². The number of hydrogen-bond donors (Lipinski definition) is 1. The predicted octanol–water partition coefficient (Wildman–Crippen LogP) is 1.59. The molecule has 1 N–H and O–H groups in total. The van der Waals surface area contributed by atoms with Crippen molar-refractivity contribution < 1.29 is 4.79 Å². The van der Waals surface area contributed by atoms with E-state index in [9.17, 15) is 4.79 Å². The number of anilines is 1. The smallest absolute Gasteiger partial charge is 0.228 e. The number of hydrogen-bond acceptors (Lipinski definition) is 3. The SMILES string of the molecule is O=C(Nc1ncncc1Br)C1CC1. The average Bonchev–Trinajstić information content (AvgIpc) is 2.91. The summed E-state index contributed by atoms with van der Waals surface area (Å²) in [5.74, 6) is 0.799. The molecule has 1 heterocycles. The minimum Gasteiger partial charge on any atom is -0.309 e. The molecule has 1 aromatic heterocycles. The molecule has 0 saturated heterocycles. The molecule has 1 fully saturated rings. The highest BCUT2D eigenvalue weighted by molar-refractivity contribution is 9.10. The molecule has 1 amide bonds. The van der Waals surface area contributed by atoms with Crippen LogP contribution in [0.3, 0.4) is 0 Å². The van der Waals surface area contributed by atoms with Gasteiger partial charge in [0.05, 0.1) is 4.47 Å². The minimum absolute atomic E-state index is 0.0550. The summed E-state index contributed by atoms with van der Waals surface area (Å²) >= 11 is 3.25. The second kappa shape index (κ2) is 3.41. The van der Waals surface area contributed by atoms with E-state index >= 15 is 0 Å². The van der Waals surface area contributed by atoms with Gasteiger partial charge in [0.25, 0.3) is 0 Å². The van der Waals surface area contributed by atoms with E-state index < -0.39 is 0 Å². The van der Waals surface area contributed by atoms with Gasteiger partial charge in [-0.05, 0) is 28.8 Å². The molecule has 5 heteroatoms. The van der Waals surface area contributed by atoms with Crippen LogP contribution in [0.15, 0.2) is 17.0 Å². The number of aromatic nitrogens is 2. The number of carbonyl (C=O) groups is 1. The Morgan fingerprint density at radius 2 is 2.38 bits per heavy atom. The lowest BCUT2D eigenvalue weighted by Crippen LogP contribution is -2.14. The summed E-state index contributed by atoms with van der Waals surface area (Å²) in [4.78, 5) is 19.1. The van der Waals surface area contributed by atoms with Crippen LogP contribution in [0.4, 0.5) is 5.82 Å². The minimum atomic E-state index is 0.0550. The van der Waals surface area contributed by atoms with Crippen molar-refractivity contribution in [3.63, 3.8) is 0 Å². The molecule has 1 aromatic rings. The van der Waals surface area contributed by atoms with E-state index in [0.29, 0.717) is 10.3 Å². The fourth-order valence-corrected chi connectivity index (χ4v) is 1.29. The number of carbonyl (C=O) groups excluding carboxylic acids is 1. The topological polar surface area (TPSA) is 54.9 Å². The van der Waals surface area contributed by atoms with Gasteiger partial charge in [-0.25, -0.2) is 9.97 Å². The van der Waals surface area contributed by atoms with Crippen LogP contribution in [0.2, 0.25) is 0 Å². The van der Waals surface area contributed by atoms with Crippen molar-refractivity contribution in [2.24, 2.45) is 5.92 Å². The van der Waals surface area contributed by atoms with Gasteiger partial charge in [-0.3, -0.25) is 4.79 Å². The van der Waals surface area contributed by atoms with Gasteiger partial charge < -0.3 is 5.32 Å². The summed E-state index contributed by atoms with van der Waals surface area (Å²) in [6, 6.07) is 0. The molecule has 0 spiro atoms. The van der Waals surface area contributed by atoms with Gasteiger partial charge in [0.2, 0.25) is 5.91 Å². The largest absolute Gasteiger partial charge is 0.309 e. The maximum Gasteiger partial charge on any atom is 0.228 e. The van der Waals surface area contributed by atoms with Gasteiger partial charge in [-0.2, -0.15) is 0 Å². The van der Waals surface area contributed by atoms with Crippen LogP contribution in [0.25, 0.3) is 0 Å². The van der Waals surface area contributed by atoms with E-state index in [1.807, 2.05) is 0 Å². The van der Waals surface area contributed by atoms with Crippen LogP contribution in [-0.4, -0.2) is 15.9 Å². The summed E-state index contributed by atoms with van der Waals surface area (Å²) in [6.45, 7) is 0. The first kappa shape index (κ1) is 8.62. The Balaban J connectivity index is 2.08. The highest BCUT2D eigenvalue weighted by Gasteiger charge is 2.30. The Bertz CT molecular complexity index is 338. The van der Waals surface area contributed by atoms with E-state index in [4.69, 9.17) is 0 Å². The van der Waals surface area contributed by atoms with Crippen LogP contribution in [0, 0.1) is 5.92 Å². The van der Waals surface area contributed by atoms with E-state index in [-0.39, 0.29) is 11.8 Å². The molecule has 0 aliphatic heterocycles. The van der Waals surface area contributed by atoms with Crippen molar-refractivity contribution in [2.75, 3.05) is 5.32 Å². The fraction of sp³-hybridized carbons (Fsp3) is 0.375. The standard InChI is InChI=1S/C8H8BrN3O/c9-6-3-10-4-11-7(6)12-8(13)5-1-2-5/h3-5H,1-2H2,(H,10,11,12,13). The van der Waals surface area contributed by atoms with Crippen molar-refractivity contribution >= 4 is 27.7 Å². The first-order valence-electron chi connectivity index (χ1n) is 4.04. The Kier molecular flexibility index (Phi) is 2.26. The molecular formula is C8H8BrN3O. The van der Waals surface area contributed by atoms with Gasteiger partial charge in [0, 0.05) is 12.1 Å². The Morgan fingerprint density at radius 3 is 3.00 bits per heavy atom. The third kappa shape index (κ3) is 2.03. The van der Waals surface area contributed by atoms with Crippen molar-refractivity contribution in [1.82, 2.24) is 9.97 Å². The lowest BCUT2D eigenvalue weighted by molar-refractivity contribution is -0.117. The summed E-state index contributed by atoms with van der Waals surface area (Å²) < 4.78 is 0.712. The zero-order chi connectivity index (χ0) is 9.26. The third-order valence-electron chi connectivity index (χ3n) is 1.86. The fourth-order valence-electron chi connectivity index (χ4n) is 0.969. The number of halogens is 1. The molecular weight excluding hydrogens is 234 g/mol. The second-order valence-electron chi connectivity index (χ2n) is 2.98. The van der Waals surface area contributed by atoms with Gasteiger partial charge in [0.15, 0.2) is 0 Å². The van der Waals surface area contributed by atoms with Gasteiger partial charge in [-0.1, -0.05) is 0 Å². The maximum absolute atomic E-state index is 11.3. The van der Waals surface area contributed by atoms with Crippen LogP contribution >= 0.6 is 15.9 Å². The second-order valence-corrected chi connectivity index (χ2v) is 3.84. The van der Waals surface area contributed by atoms with Gasteiger partial charge in [-0.15, -0.1) is 0 Å². The van der Waals surface area contributed by atoms with Crippen molar-refractivity contribution in [2.45, 2.75) is 12.8 Å². The number of amides is 1. The number of nitrogens with one attached hydrogen (secondary N) is 1. The molecule has 68 valence electrons.